The maximum absolute atomic E-state index is 14.1. The van der Waals surface area contributed by atoms with Crippen LogP contribution in [-0.2, 0) is 16.8 Å². The van der Waals surface area contributed by atoms with Crippen molar-refractivity contribution in [3.63, 3.8) is 0 Å². The third kappa shape index (κ3) is 3.15. The zero-order chi connectivity index (χ0) is 18.2. The number of alkyl halides is 1. The zero-order valence-corrected chi connectivity index (χ0v) is 13.7. The molecule has 130 valence electrons. The van der Waals surface area contributed by atoms with Crippen LogP contribution >= 0.6 is 0 Å². The van der Waals surface area contributed by atoms with E-state index in [4.69, 9.17) is 9.08 Å². The first kappa shape index (κ1) is 17.2. The fourth-order valence-corrected chi connectivity index (χ4v) is 3.04. The molecule has 1 aromatic carbocycles. The summed E-state index contributed by atoms with van der Waals surface area (Å²) in [5.74, 6) is -1.29. The van der Waals surface area contributed by atoms with E-state index < -0.39 is 27.5 Å². The minimum atomic E-state index is -4.70. The molecule has 0 aliphatic heterocycles. The average molecular weight is 366 g/mol. The molecular formula is C16H12F2N2O4S. The van der Waals surface area contributed by atoms with Gasteiger partial charge in [-0.05, 0) is 36.8 Å². The number of halogens is 2. The number of nitrogens with zero attached hydrogens (tertiary/aromatic N) is 2. The van der Waals surface area contributed by atoms with Gasteiger partial charge in [0.25, 0.3) is 10.1 Å². The van der Waals surface area contributed by atoms with Crippen LogP contribution in [-0.4, -0.2) is 23.1 Å². The van der Waals surface area contributed by atoms with Crippen molar-refractivity contribution >= 4 is 10.1 Å². The van der Waals surface area contributed by atoms with Crippen LogP contribution in [0.1, 0.15) is 11.5 Å². The van der Waals surface area contributed by atoms with E-state index in [-0.39, 0.29) is 22.6 Å². The molecule has 0 radical (unpaired) electrons. The third-order valence-electron chi connectivity index (χ3n) is 3.64. The van der Waals surface area contributed by atoms with Crippen molar-refractivity contribution in [1.82, 2.24) is 10.1 Å². The van der Waals surface area contributed by atoms with E-state index in [0.29, 0.717) is 11.3 Å². The molecule has 0 unspecified atom stereocenters. The second kappa shape index (κ2) is 6.34. The van der Waals surface area contributed by atoms with E-state index in [1.807, 2.05) is 0 Å². The van der Waals surface area contributed by atoms with Gasteiger partial charge < -0.3 is 4.52 Å². The molecule has 0 spiro atoms. The summed E-state index contributed by atoms with van der Waals surface area (Å²) in [6.07, 6.45) is 1.58. The number of hydrogen-bond acceptors (Lipinski definition) is 5. The first-order chi connectivity index (χ1) is 11.8. The summed E-state index contributed by atoms with van der Waals surface area (Å²) in [6, 6.07) is 6.39. The molecule has 0 fully saturated rings. The van der Waals surface area contributed by atoms with Gasteiger partial charge in [-0.1, -0.05) is 11.2 Å². The summed E-state index contributed by atoms with van der Waals surface area (Å²) in [6.45, 7) is 0.744. The molecule has 2 aromatic heterocycles. The summed E-state index contributed by atoms with van der Waals surface area (Å²) in [5.41, 5.74) is 1.80. The molecule has 0 aliphatic carbocycles. The second-order valence-electron chi connectivity index (χ2n) is 5.22. The summed E-state index contributed by atoms with van der Waals surface area (Å²) >= 11 is 0. The average Bonchev–Trinajstić information content (AvgIpc) is 2.97. The quantitative estimate of drug-likeness (QED) is 0.710. The molecule has 0 bridgehead atoms. The highest BCUT2D eigenvalue weighted by Gasteiger charge is 2.23. The summed E-state index contributed by atoms with van der Waals surface area (Å²) in [4.78, 5) is 3.26. The Morgan fingerprint density at radius 1 is 1.28 bits per heavy atom. The molecular weight excluding hydrogens is 354 g/mol. The number of aryl methyl sites for hydroxylation is 1. The van der Waals surface area contributed by atoms with Crippen LogP contribution in [0.15, 0.2) is 45.9 Å². The van der Waals surface area contributed by atoms with Crippen molar-refractivity contribution in [1.29, 1.82) is 0 Å². The van der Waals surface area contributed by atoms with Gasteiger partial charge in [-0.15, -0.1) is 0 Å². The van der Waals surface area contributed by atoms with E-state index in [0.717, 1.165) is 12.1 Å². The molecule has 2 heterocycles. The number of pyridine rings is 1. The fraction of sp³-hybridized carbons (Fsp3) is 0.125. The number of hydrogen-bond donors (Lipinski definition) is 1. The topological polar surface area (TPSA) is 93.3 Å². The van der Waals surface area contributed by atoms with E-state index in [1.54, 1.807) is 25.3 Å². The van der Waals surface area contributed by atoms with Gasteiger partial charge in [-0.25, -0.2) is 8.78 Å². The minimum absolute atomic E-state index is 0.128. The Labute approximate surface area is 141 Å². The maximum atomic E-state index is 14.1. The highest BCUT2D eigenvalue weighted by Crippen LogP contribution is 2.37. The Bertz CT molecular complexity index is 1050. The molecule has 0 aliphatic rings. The number of benzene rings is 1. The largest absolute Gasteiger partial charge is 0.357 e. The van der Waals surface area contributed by atoms with Gasteiger partial charge in [0.1, 0.15) is 16.4 Å². The van der Waals surface area contributed by atoms with Crippen molar-refractivity contribution in [2.45, 2.75) is 18.5 Å². The minimum Gasteiger partial charge on any atom is -0.357 e. The summed E-state index contributed by atoms with van der Waals surface area (Å²) in [7, 11) is -4.70. The van der Waals surface area contributed by atoms with Crippen LogP contribution in [0.3, 0.4) is 0 Å². The predicted octanol–water partition coefficient (Wildman–Crippen LogP) is 3.57. The van der Waals surface area contributed by atoms with Gasteiger partial charge in [-0.2, -0.15) is 8.42 Å². The molecule has 3 rings (SSSR count). The molecule has 0 atom stereocenters. The summed E-state index contributed by atoms with van der Waals surface area (Å²) < 4.78 is 63.6. The monoisotopic (exact) mass is 366 g/mol. The molecule has 9 heteroatoms. The first-order valence-electron chi connectivity index (χ1n) is 7.07. The van der Waals surface area contributed by atoms with Crippen molar-refractivity contribution < 1.29 is 26.3 Å². The van der Waals surface area contributed by atoms with Gasteiger partial charge in [0.05, 0.1) is 5.56 Å². The number of rotatable bonds is 4. The normalized spacial score (nSPS) is 11.7. The lowest BCUT2D eigenvalue weighted by Gasteiger charge is -2.07. The van der Waals surface area contributed by atoms with Crippen molar-refractivity contribution in [2.24, 2.45) is 0 Å². The second-order valence-corrected chi connectivity index (χ2v) is 6.61. The van der Waals surface area contributed by atoms with E-state index in [9.17, 15) is 17.2 Å². The molecule has 6 nitrogen and oxygen atoms in total. The summed E-state index contributed by atoms with van der Waals surface area (Å²) in [5, 5.41) is 3.85. The molecule has 0 amide bonds. The number of aromatic nitrogens is 2. The van der Waals surface area contributed by atoms with Crippen LogP contribution in [0, 0.1) is 12.7 Å². The lowest BCUT2D eigenvalue weighted by Crippen LogP contribution is -2.01. The Hall–Kier alpha value is -2.65. The van der Waals surface area contributed by atoms with Crippen molar-refractivity contribution in [3.05, 3.63) is 53.8 Å². The SMILES string of the molecule is Cc1ncccc1-c1noc(CF)c1-c1ccc(S(=O)(=O)O)c(F)c1. The third-order valence-corrected chi connectivity index (χ3v) is 4.53. The Morgan fingerprint density at radius 3 is 2.64 bits per heavy atom. The van der Waals surface area contributed by atoms with Crippen LogP contribution < -0.4 is 0 Å². The van der Waals surface area contributed by atoms with Crippen LogP contribution in [0.5, 0.6) is 0 Å². The Balaban J connectivity index is 2.23. The van der Waals surface area contributed by atoms with Gasteiger partial charge in [0.15, 0.2) is 12.4 Å². The van der Waals surface area contributed by atoms with E-state index in [1.165, 1.54) is 6.07 Å². The molecule has 3 aromatic rings. The molecule has 0 saturated heterocycles. The maximum Gasteiger partial charge on any atom is 0.297 e. The molecule has 25 heavy (non-hydrogen) atoms. The van der Waals surface area contributed by atoms with E-state index >= 15 is 0 Å². The van der Waals surface area contributed by atoms with Gasteiger partial charge in [0.2, 0.25) is 0 Å². The Morgan fingerprint density at radius 2 is 2.04 bits per heavy atom. The van der Waals surface area contributed by atoms with Crippen molar-refractivity contribution in [2.75, 3.05) is 0 Å². The predicted molar refractivity (Wildman–Crippen MR) is 84.5 cm³/mol. The highest BCUT2D eigenvalue weighted by molar-refractivity contribution is 7.85. The fourth-order valence-electron chi connectivity index (χ4n) is 2.50. The highest BCUT2D eigenvalue weighted by atomic mass is 32.2. The van der Waals surface area contributed by atoms with Gasteiger partial charge in [-0.3, -0.25) is 9.54 Å². The lowest BCUT2D eigenvalue weighted by atomic mass is 9.98. The van der Waals surface area contributed by atoms with E-state index in [2.05, 4.69) is 10.1 Å². The van der Waals surface area contributed by atoms with Crippen LogP contribution in [0.25, 0.3) is 22.4 Å². The Kier molecular flexibility index (Phi) is 4.36. The van der Waals surface area contributed by atoms with Crippen LogP contribution in [0.4, 0.5) is 8.78 Å². The standard InChI is InChI=1S/C16H12F2N2O4S/c1-9-11(3-2-6-19-9)16-15(13(8-17)24-20-16)10-4-5-14(12(18)7-10)25(21,22)23/h2-7H,8H2,1H3,(H,21,22,23). The molecule has 1 N–H and O–H groups in total. The lowest BCUT2D eigenvalue weighted by molar-refractivity contribution is 0.332. The smallest absolute Gasteiger partial charge is 0.297 e. The van der Waals surface area contributed by atoms with Gasteiger partial charge in [0, 0.05) is 17.5 Å². The molecule has 0 saturated carbocycles. The zero-order valence-electron chi connectivity index (χ0n) is 12.9. The van der Waals surface area contributed by atoms with Gasteiger partial charge >= 0.3 is 0 Å². The van der Waals surface area contributed by atoms with Crippen LogP contribution in [0.2, 0.25) is 0 Å². The first-order valence-corrected chi connectivity index (χ1v) is 8.51. The van der Waals surface area contributed by atoms with Crippen molar-refractivity contribution in [3.8, 4) is 22.4 Å².